The van der Waals surface area contributed by atoms with E-state index in [2.05, 4.69) is 42.9 Å². The molecule has 24 heavy (non-hydrogen) atoms. The minimum atomic E-state index is -0.156. The number of rotatable bonds is 4. The maximum Gasteiger partial charge on any atom is 0.257 e. The van der Waals surface area contributed by atoms with Crippen LogP contribution in [0.4, 0.5) is 5.69 Å². The molecule has 0 aliphatic rings. The number of guanidine groups is 1. The number of benzene rings is 2. The van der Waals surface area contributed by atoms with E-state index >= 15 is 0 Å². The van der Waals surface area contributed by atoms with Crippen LogP contribution in [-0.4, -0.2) is 28.9 Å². The van der Waals surface area contributed by atoms with Gasteiger partial charge >= 0.3 is 0 Å². The van der Waals surface area contributed by atoms with Crippen LogP contribution in [0.15, 0.2) is 65.7 Å². The molecule has 0 bridgehead atoms. The second-order valence-electron chi connectivity index (χ2n) is 6.19. The fourth-order valence-corrected chi connectivity index (χ4v) is 2.62. The SMILES string of the molecule is CC(C)N(C(=Nc1ccccc1)NC(=O)c1ccccc1)C(C)C. The summed E-state index contributed by atoms with van der Waals surface area (Å²) >= 11 is 0. The monoisotopic (exact) mass is 323 g/mol. The predicted molar refractivity (Wildman–Crippen MR) is 99.6 cm³/mol. The van der Waals surface area contributed by atoms with Crippen LogP contribution in [0, 0.1) is 0 Å². The molecule has 2 aromatic carbocycles. The molecule has 126 valence electrons. The first-order valence-electron chi connectivity index (χ1n) is 8.27. The molecule has 0 saturated heterocycles. The number of hydrogen-bond acceptors (Lipinski definition) is 2. The molecular weight excluding hydrogens is 298 g/mol. The molecule has 4 heteroatoms. The molecule has 1 amide bonds. The Morgan fingerprint density at radius 2 is 1.38 bits per heavy atom. The van der Waals surface area contributed by atoms with Gasteiger partial charge in [-0.25, -0.2) is 4.99 Å². The zero-order valence-electron chi connectivity index (χ0n) is 14.7. The number of carbonyl (C=O) groups is 1. The first-order chi connectivity index (χ1) is 11.5. The van der Waals surface area contributed by atoms with Crippen LogP contribution in [0.1, 0.15) is 38.1 Å². The fourth-order valence-electron chi connectivity index (χ4n) is 2.62. The third-order valence-electron chi connectivity index (χ3n) is 3.61. The molecular formula is C20H25N3O. The number of carbonyl (C=O) groups excluding carboxylic acids is 1. The van der Waals surface area contributed by atoms with Gasteiger partial charge in [0.1, 0.15) is 0 Å². The van der Waals surface area contributed by atoms with Crippen LogP contribution >= 0.6 is 0 Å². The van der Waals surface area contributed by atoms with Crippen LogP contribution in [-0.2, 0) is 0 Å². The summed E-state index contributed by atoms with van der Waals surface area (Å²) in [4.78, 5) is 19.4. The van der Waals surface area contributed by atoms with Gasteiger partial charge in [0.05, 0.1) is 5.69 Å². The Balaban J connectivity index is 2.35. The Labute approximate surface area is 144 Å². The Hall–Kier alpha value is -2.62. The molecule has 0 spiro atoms. The lowest BCUT2D eigenvalue weighted by Crippen LogP contribution is -2.50. The normalized spacial score (nSPS) is 11.7. The molecule has 0 atom stereocenters. The van der Waals surface area contributed by atoms with E-state index in [9.17, 15) is 4.79 Å². The lowest BCUT2D eigenvalue weighted by Gasteiger charge is -2.33. The summed E-state index contributed by atoms with van der Waals surface area (Å²) in [7, 11) is 0. The number of amides is 1. The lowest BCUT2D eigenvalue weighted by atomic mass is 10.2. The van der Waals surface area contributed by atoms with Gasteiger partial charge in [-0.3, -0.25) is 10.1 Å². The summed E-state index contributed by atoms with van der Waals surface area (Å²) in [6, 6.07) is 19.3. The fraction of sp³-hybridized carbons (Fsp3) is 0.300. The van der Waals surface area contributed by atoms with E-state index in [0.29, 0.717) is 11.5 Å². The van der Waals surface area contributed by atoms with Crippen molar-refractivity contribution >= 4 is 17.6 Å². The quantitative estimate of drug-likeness (QED) is 0.676. The van der Waals surface area contributed by atoms with E-state index in [1.54, 1.807) is 12.1 Å². The lowest BCUT2D eigenvalue weighted by molar-refractivity contribution is 0.0969. The van der Waals surface area contributed by atoms with Crippen molar-refractivity contribution in [2.45, 2.75) is 39.8 Å². The molecule has 0 fully saturated rings. The van der Waals surface area contributed by atoms with Crippen molar-refractivity contribution in [3.8, 4) is 0 Å². The van der Waals surface area contributed by atoms with Crippen molar-refractivity contribution in [3.05, 3.63) is 66.2 Å². The maximum atomic E-state index is 12.6. The van der Waals surface area contributed by atoms with E-state index in [1.165, 1.54) is 0 Å². The highest BCUT2D eigenvalue weighted by Crippen LogP contribution is 2.14. The van der Waals surface area contributed by atoms with Gasteiger partial charge in [0.15, 0.2) is 0 Å². The van der Waals surface area contributed by atoms with Gasteiger partial charge in [-0.05, 0) is 52.0 Å². The molecule has 0 unspecified atom stereocenters. The summed E-state index contributed by atoms with van der Waals surface area (Å²) in [5.41, 5.74) is 1.43. The van der Waals surface area contributed by atoms with Crippen molar-refractivity contribution in [2.24, 2.45) is 4.99 Å². The topological polar surface area (TPSA) is 44.7 Å². The summed E-state index contributed by atoms with van der Waals surface area (Å²) in [6.45, 7) is 8.37. The van der Waals surface area contributed by atoms with Crippen LogP contribution < -0.4 is 5.32 Å². The number of nitrogens with zero attached hydrogens (tertiary/aromatic N) is 2. The van der Waals surface area contributed by atoms with Crippen LogP contribution in [0.2, 0.25) is 0 Å². The predicted octanol–water partition coefficient (Wildman–Crippen LogP) is 4.22. The van der Waals surface area contributed by atoms with Crippen molar-refractivity contribution in [1.29, 1.82) is 0 Å². The van der Waals surface area contributed by atoms with Crippen LogP contribution in [0.5, 0.6) is 0 Å². The average Bonchev–Trinajstić information content (AvgIpc) is 2.56. The van der Waals surface area contributed by atoms with Crippen molar-refractivity contribution in [2.75, 3.05) is 0 Å². The molecule has 1 N–H and O–H groups in total. The van der Waals surface area contributed by atoms with Gasteiger partial charge in [0, 0.05) is 17.6 Å². The Kier molecular flexibility index (Phi) is 6.13. The Morgan fingerprint density at radius 3 is 1.88 bits per heavy atom. The van der Waals surface area contributed by atoms with E-state index in [1.807, 2.05) is 48.5 Å². The van der Waals surface area contributed by atoms with Gasteiger partial charge in [0.25, 0.3) is 5.91 Å². The third kappa shape index (κ3) is 4.69. The number of para-hydroxylation sites is 1. The average molecular weight is 323 g/mol. The van der Waals surface area contributed by atoms with Gasteiger partial charge in [0.2, 0.25) is 5.96 Å². The summed E-state index contributed by atoms with van der Waals surface area (Å²) in [5, 5.41) is 2.98. The molecule has 0 saturated carbocycles. The van der Waals surface area contributed by atoms with E-state index in [0.717, 1.165) is 5.69 Å². The van der Waals surface area contributed by atoms with E-state index in [4.69, 9.17) is 0 Å². The maximum absolute atomic E-state index is 12.6. The zero-order chi connectivity index (χ0) is 17.5. The molecule has 0 aromatic heterocycles. The Bertz CT molecular complexity index is 671. The molecule has 4 nitrogen and oxygen atoms in total. The van der Waals surface area contributed by atoms with Crippen molar-refractivity contribution < 1.29 is 4.79 Å². The van der Waals surface area contributed by atoms with Crippen molar-refractivity contribution in [3.63, 3.8) is 0 Å². The van der Waals surface area contributed by atoms with E-state index in [-0.39, 0.29) is 18.0 Å². The van der Waals surface area contributed by atoms with Gasteiger partial charge < -0.3 is 4.90 Å². The Morgan fingerprint density at radius 1 is 0.875 bits per heavy atom. The largest absolute Gasteiger partial charge is 0.337 e. The zero-order valence-corrected chi connectivity index (χ0v) is 14.7. The van der Waals surface area contributed by atoms with Gasteiger partial charge in [-0.15, -0.1) is 0 Å². The third-order valence-corrected chi connectivity index (χ3v) is 3.61. The standard InChI is InChI=1S/C20H25N3O/c1-15(2)23(16(3)4)20(21-18-13-9-6-10-14-18)22-19(24)17-11-7-5-8-12-17/h5-16H,1-4H3,(H,21,22,24). The van der Waals surface area contributed by atoms with Gasteiger partial charge in [-0.1, -0.05) is 36.4 Å². The van der Waals surface area contributed by atoms with Crippen LogP contribution in [0.25, 0.3) is 0 Å². The first-order valence-corrected chi connectivity index (χ1v) is 8.27. The highest BCUT2D eigenvalue weighted by atomic mass is 16.1. The molecule has 0 heterocycles. The van der Waals surface area contributed by atoms with Crippen molar-refractivity contribution in [1.82, 2.24) is 10.2 Å². The molecule has 0 aliphatic carbocycles. The summed E-state index contributed by atoms with van der Waals surface area (Å²) in [6.07, 6.45) is 0. The number of hydrogen-bond donors (Lipinski definition) is 1. The summed E-state index contributed by atoms with van der Waals surface area (Å²) in [5.74, 6) is 0.414. The molecule has 0 aliphatic heterocycles. The second-order valence-corrected chi connectivity index (χ2v) is 6.19. The molecule has 2 rings (SSSR count). The minimum absolute atomic E-state index is 0.156. The number of aliphatic imine (C=N–C) groups is 1. The number of nitrogens with one attached hydrogen (secondary N) is 1. The smallest absolute Gasteiger partial charge is 0.257 e. The summed E-state index contributed by atoms with van der Waals surface area (Å²) < 4.78 is 0. The van der Waals surface area contributed by atoms with Crippen LogP contribution in [0.3, 0.4) is 0 Å². The molecule has 0 radical (unpaired) electrons. The first kappa shape index (κ1) is 17.7. The second kappa shape index (κ2) is 8.29. The van der Waals surface area contributed by atoms with Gasteiger partial charge in [-0.2, -0.15) is 0 Å². The minimum Gasteiger partial charge on any atom is -0.337 e. The highest BCUT2D eigenvalue weighted by molar-refractivity contribution is 6.06. The van der Waals surface area contributed by atoms with E-state index < -0.39 is 0 Å². The molecule has 2 aromatic rings. The highest BCUT2D eigenvalue weighted by Gasteiger charge is 2.21.